The van der Waals surface area contributed by atoms with Gasteiger partial charge in [-0.2, -0.15) is 4.31 Å². The zero-order chi connectivity index (χ0) is 23.4. The van der Waals surface area contributed by atoms with Crippen molar-refractivity contribution in [3.05, 3.63) is 65.9 Å². The molecular weight excluding hydrogens is 446 g/mol. The normalized spacial score (nSPS) is 17.5. The van der Waals surface area contributed by atoms with E-state index >= 15 is 0 Å². The number of benzene rings is 2. The topological polar surface area (TPSA) is 118 Å². The monoisotopic (exact) mass is 471 g/mol. The number of hydrogen-bond acceptors (Lipinski definition) is 7. The number of aromatic nitrogens is 1. The molecule has 0 bridgehead atoms. The van der Waals surface area contributed by atoms with E-state index in [1.54, 1.807) is 12.1 Å². The molecule has 1 aliphatic heterocycles. The second-order valence-electron chi connectivity index (χ2n) is 7.75. The summed E-state index contributed by atoms with van der Waals surface area (Å²) in [6.45, 7) is 2.50. The Balaban J connectivity index is 1.48. The maximum atomic E-state index is 13.1. The summed E-state index contributed by atoms with van der Waals surface area (Å²) in [4.78, 5) is 16.4. The number of nitrogens with one attached hydrogen (secondary N) is 1. The molecular formula is C23H25N3O6S. The lowest BCUT2D eigenvalue weighted by atomic mass is 10.1. The lowest BCUT2D eigenvalue weighted by Gasteiger charge is -2.22. The van der Waals surface area contributed by atoms with Gasteiger partial charge in [0, 0.05) is 36.3 Å². The third-order valence-corrected chi connectivity index (χ3v) is 7.31. The number of fused-ring (bicyclic) bond motifs is 1. The van der Waals surface area contributed by atoms with Crippen molar-refractivity contribution >= 4 is 26.8 Å². The first-order valence-electron chi connectivity index (χ1n) is 10.5. The molecule has 10 heteroatoms. The van der Waals surface area contributed by atoms with Crippen molar-refractivity contribution in [3.63, 3.8) is 0 Å². The van der Waals surface area contributed by atoms with Gasteiger partial charge < -0.3 is 9.47 Å². The second kappa shape index (κ2) is 9.84. The van der Waals surface area contributed by atoms with Crippen molar-refractivity contribution in [1.82, 2.24) is 14.8 Å². The van der Waals surface area contributed by atoms with Crippen molar-refractivity contribution in [1.29, 1.82) is 0 Å². The molecule has 2 aromatic carbocycles. The smallest absolute Gasteiger partial charge is 0.273 e. The van der Waals surface area contributed by atoms with Crippen LogP contribution < -0.4 is 10.2 Å². The first-order valence-corrected chi connectivity index (χ1v) is 12.0. The first-order chi connectivity index (χ1) is 15.9. The molecule has 0 spiro atoms. The molecule has 174 valence electrons. The van der Waals surface area contributed by atoms with Crippen LogP contribution in [-0.4, -0.2) is 54.6 Å². The number of para-hydroxylation sites is 1. The third kappa shape index (κ3) is 5.14. The van der Waals surface area contributed by atoms with Gasteiger partial charge in [-0.25, -0.2) is 13.9 Å². The Bertz CT molecular complexity index is 1250. The number of hydroxylamine groups is 1. The highest BCUT2D eigenvalue weighted by atomic mass is 32.2. The summed E-state index contributed by atoms with van der Waals surface area (Å²) in [6, 6.07) is 16.0. The van der Waals surface area contributed by atoms with Crippen LogP contribution in [0.4, 0.5) is 0 Å². The number of pyridine rings is 1. The van der Waals surface area contributed by atoms with Crippen molar-refractivity contribution in [2.75, 3.05) is 19.7 Å². The van der Waals surface area contributed by atoms with E-state index in [1.165, 1.54) is 21.9 Å². The highest BCUT2D eigenvalue weighted by Crippen LogP contribution is 2.24. The van der Waals surface area contributed by atoms with Crippen LogP contribution >= 0.6 is 0 Å². The average molecular weight is 472 g/mol. The van der Waals surface area contributed by atoms with E-state index in [9.17, 15) is 13.2 Å². The molecule has 33 heavy (non-hydrogen) atoms. The highest BCUT2D eigenvalue weighted by molar-refractivity contribution is 7.89. The van der Waals surface area contributed by atoms with Crippen LogP contribution in [0.3, 0.4) is 0 Å². The predicted molar refractivity (Wildman–Crippen MR) is 120 cm³/mol. The summed E-state index contributed by atoms with van der Waals surface area (Å²) in [5.74, 6) is -0.246. The van der Waals surface area contributed by atoms with Crippen molar-refractivity contribution < 1.29 is 27.9 Å². The Morgan fingerprint density at radius 2 is 2.00 bits per heavy atom. The summed E-state index contributed by atoms with van der Waals surface area (Å²) in [5.41, 5.74) is 4.30. The largest absolute Gasteiger partial charge is 0.489 e. The minimum absolute atomic E-state index is 0.0881. The fraction of sp³-hybridized carbons (Fsp3) is 0.304. The van der Waals surface area contributed by atoms with Gasteiger partial charge in [0.25, 0.3) is 5.91 Å². The summed E-state index contributed by atoms with van der Waals surface area (Å²) in [5, 5.41) is 9.86. The fourth-order valence-corrected chi connectivity index (χ4v) is 5.26. The molecule has 1 amide bonds. The number of nitrogens with zero attached hydrogens (tertiary/aromatic N) is 2. The molecule has 2 N–H and O–H groups in total. The van der Waals surface area contributed by atoms with Gasteiger partial charge in [-0.3, -0.25) is 15.0 Å². The first kappa shape index (κ1) is 23.1. The summed E-state index contributed by atoms with van der Waals surface area (Å²) < 4.78 is 38.7. The minimum Gasteiger partial charge on any atom is -0.489 e. The minimum atomic E-state index is -3.85. The van der Waals surface area contributed by atoms with Gasteiger partial charge in [0.05, 0.1) is 10.4 Å². The summed E-state index contributed by atoms with van der Waals surface area (Å²) in [6.07, 6.45) is -0.636. The van der Waals surface area contributed by atoms with Gasteiger partial charge in [0.1, 0.15) is 12.4 Å². The molecule has 9 nitrogen and oxygen atoms in total. The number of rotatable bonds is 6. The standard InChI is InChI=1S/C23H25N3O6S/c1-16-13-17(20-5-2-3-6-21(20)24-16)15-32-18-7-9-19(10-8-18)33(29,30)26-11-4-12-31-22(14-26)23(27)25-28/h2-3,5-10,13,22,28H,4,11-12,14-15H2,1H3,(H,25,27). The zero-order valence-electron chi connectivity index (χ0n) is 18.1. The molecule has 1 unspecified atom stereocenters. The van der Waals surface area contributed by atoms with E-state index in [2.05, 4.69) is 4.98 Å². The Hall–Kier alpha value is -3.05. The van der Waals surface area contributed by atoms with Gasteiger partial charge in [-0.15, -0.1) is 0 Å². The lowest BCUT2D eigenvalue weighted by molar-refractivity contribution is -0.141. The van der Waals surface area contributed by atoms with Crippen molar-refractivity contribution in [2.24, 2.45) is 0 Å². The molecule has 4 rings (SSSR count). The van der Waals surface area contributed by atoms with Crippen LogP contribution in [-0.2, 0) is 26.2 Å². The summed E-state index contributed by atoms with van der Waals surface area (Å²) >= 11 is 0. The van der Waals surface area contributed by atoms with Crippen LogP contribution in [0.5, 0.6) is 5.75 Å². The molecule has 1 saturated heterocycles. The maximum absolute atomic E-state index is 13.1. The maximum Gasteiger partial charge on any atom is 0.273 e. The van der Waals surface area contributed by atoms with E-state index in [0.29, 0.717) is 18.8 Å². The number of aryl methyl sites for hydroxylation is 1. The number of carbonyl (C=O) groups is 1. The van der Waals surface area contributed by atoms with E-state index < -0.39 is 22.0 Å². The molecule has 1 atom stereocenters. The SMILES string of the molecule is Cc1cc(COc2ccc(S(=O)(=O)N3CCCOC(C(=O)NO)C3)cc2)c2ccccc2n1. The Morgan fingerprint density at radius 1 is 1.24 bits per heavy atom. The molecule has 2 heterocycles. The summed E-state index contributed by atoms with van der Waals surface area (Å²) in [7, 11) is -3.85. The van der Waals surface area contributed by atoms with Gasteiger partial charge in [0.2, 0.25) is 10.0 Å². The molecule has 0 radical (unpaired) electrons. The van der Waals surface area contributed by atoms with E-state index in [4.69, 9.17) is 14.7 Å². The molecule has 0 aliphatic carbocycles. The van der Waals surface area contributed by atoms with Crippen LogP contribution in [0.25, 0.3) is 10.9 Å². The van der Waals surface area contributed by atoms with E-state index in [1.807, 2.05) is 37.3 Å². The van der Waals surface area contributed by atoms with Crippen molar-refractivity contribution in [2.45, 2.75) is 31.0 Å². The van der Waals surface area contributed by atoms with Crippen LogP contribution in [0, 0.1) is 6.92 Å². The van der Waals surface area contributed by atoms with Crippen LogP contribution in [0.15, 0.2) is 59.5 Å². The molecule has 1 aliphatic rings. The molecule has 1 aromatic heterocycles. The Labute approximate surface area is 192 Å². The number of amides is 1. The second-order valence-corrected chi connectivity index (χ2v) is 9.69. The van der Waals surface area contributed by atoms with Gasteiger partial charge in [0.15, 0.2) is 6.10 Å². The Morgan fingerprint density at radius 3 is 2.76 bits per heavy atom. The molecule has 1 fully saturated rings. The fourth-order valence-electron chi connectivity index (χ4n) is 3.78. The third-order valence-electron chi connectivity index (χ3n) is 5.43. The number of carbonyl (C=O) groups excluding carboxylic acids is 1. The quantitative estimate of drug-likeness (QED) is 0.419. The van der Waals surface area contributed by atoms with E-state index in [-0.39, 0.29) is 24.6 Å². The average Bonchev–Trinajstić information content (AvgIpc) is 3.09. The van der Waals surface area contributed by atoms with Crippen molar-refractivity contribution in [3.8, 4) is 5.75 Å². The van der Waals surface area contributed by atoms with Crippen LogP contribution in [0.2, 0.25) is 0 Å². The lowest BCUT2D eigenvalue weighted by Crippen LogP contribution is -2.43. The highest BCUT2D eigenvalue weighted by Gasteiger charge is 2.32. The predicted octanol–water partition coefficient (Wildman–Crippen LogP) is 2.41. The van der Waals surface area contributed by atoms with Gasteiger partial charge in [-0.05, 0) is 49.7 Å². The number of hydrogen-bond donors (Lipinski definition) is 2. The van der Waals surface area contributed by atoms with Crippen LogP contribution in [0.1, 0.15) is 17.7 Å². The molecule has 0 saturated carbocycles. The number of sulfonamides is 1. The van der Waals surface area contributed by atoms with Gasteiger partial charge in [-0.1, -0.05) is 18.2 Å². The molecule has 3 aromatic rings. The number of ether oxygens (including phenoxy) is 2. The Kier molecular flexibility index (Phi) is 6.89. The van der Waals surface area contributed by atoms with E-state index in [0.717, 1.165) is 22.2 Å². The van der Waals surface area contributed by atoms with Gasteiger partial charge >= 0.3 is 0 Å². The zero-order valence-corrected chi connectivity index (χ0v) is 18.9.